The molecule has 0 aliphatic carbocycles. The normalized spacial score (nSPS) is 18.4. The minimum Gasteiger partial charge on any atom is -0.344 e. The monoisotopic (exact) mass is 599 g/mol. The first-order valence-corrected chi connectivity index (χ1v) is 9.05. The molecule has 1 aromatic rings. The van der Waals surface area contributed by atoms with Gasteiger partial charge in [0, 0.05) is 0 Å². The molecule has 21 heteroatoms. The average molecular weight is 599 g/mol. The molecule has 38 heavy (non-hydrogen) atoms. The van der Waals surface area contributed by atoms with Gasteiger partial charge in [-0.05, 0) is 12.5 Å². The lowest BCUT2D eigenvalue weighted by Gasteiger charge is -2.40. The molecule has 0 heterocycles. The van der Waals surface area contributed by atoms with Crippen molar-refractivity contribution in [2.24, 2.45) is 0 Å². The number of nitrogens with one attached hydrogen (secondary N) is 1. The number of rotatable bonds is 9. The number of ether oxygens (including phenoxy) is 2. The van der Waals surface area contributed by atoms with E-state index in [1.165, 1.54) is 22.9 Å². The van der Waals surface area contributed by atoms with Gasteiger partial charge in [-0.25, -0.2) is 0 Å². The van der Waals surface area contributed by atoms with E-state index in [0.717, 1.165) is 24.4 Å². The number of halogens is 17. The van der Waals surface area contributed by atoms with Crippen molar-refractivity contribution in [1.29, 1.82) is 0 Å². The van der Waals surface area contributed by atoms with Gasteiger partial charge in [-0.3, -0.25) is 14.3 Å². The summed E-state index contributed by atoms with van der Waals surface area (Å²) in [5, 5.41) is 0.995. The molecule has 0 fully saturated rings. The zero-order valence-electron chi connectivity index (χ0n) is 17.6. The van der Waals surface area contributed by atoms with E-state index in [-0.39, 0.29) is 5.56 Å². The van der Waals surface area contributed by atoms with E-state index in [2.05, 4.69) is 0 Å². The fourth-order valence-corrected chi connectivity index (χ4v) is 2.28. The molecule has 0 aromatic heterocycles. The highest BCUT2D eigenvalue weighted by molar-refractivity contribution is 5.85. The Hall–Kier alpha value is -2.58. The summed E-state index contributed by atoms with van der Waals surface area (Å²) >= 11 is 0. The van der Waals surface area contributed by atoms with Crippen LogP contribution in [0.1, 0.15) is 18.5 Å². The molecule has 1 aromatic carbocycles. The van der Waals surface area contributed by atoms with E-state index < -0.39 is 60.3 Å². The molecule has 0 spiro atoms. The number of carbonyl (C=O) groups is 1. The van der Waals surface area contributed by atoms with E-state index in [0.29, 0.717) is 0 Å². The predicted octanol–water partition coefficient (Wildman–Crippen LogP) is 6.74. The summed E-state index contributed by atoms with van der Waals surface area (Å²) in [6, 6.07) is 3.91. The fraction of sp³-hybridized carbons (Fsp3) is 0.588. The highest BCUT2D eigenvalue weighted by Crippen LogP contribution is 2.56. The van der Waals surface area contributed by atoms with Crippen molar-refractivity contribution in [1.82, 2.24) is 5.32 Å². The Bertz CT molecular complexity index is 975. The van der Waals surface area contributed by atoms with Crippen LogP contribution in [0.3, 0.4) is 0 Å². The highest BCUT2D eigenvalue weighted by atomic mass is 19.4. The van der Waals surface area contributed by atoms with Crippen molar-refractivity contribution in [3.63, 3.8) is 0 Å². The van der Waals surface area contributed by atoms with Gasteiger partial charge in [0.1, 0.15) is 0 Å². The van der Waals surface area contributed by atoms with E-state index in [1.54, 1.807) is 0 Å². The van der Waals surface area contributed by atoms with Crippen molar-refractivity contribution in [3.8, 4) is 0 Å². The van der Waals surface area contributed by atoms with Crippen LogP contribution >= 0.6 is 0 Å². The Balaban J connectivity index is 3.58. The molecule has 1 rings (SSSR count). The van der Waals surface area contributed by atoms with E-state index in [9.17, 15) is 79.4 Å². The van der Waals surface area contributed by atoms with Crippen LogP contribution in [0.2, 0.25) is 0 Å². The molecule has 0 saturated heterocycles. The molecule has 4 nitrogen and oxygen atoms in total. The molecule has 1 N–H and O–H groups in total. The Labute approximate surface area is 198 Å². The van der Waals surface area contributed by atoms with Gasteiger partial charge in [0.05, 0.1) is 6.04 Å². The summed E-state index contributed by atoms with van der Waals surface area (Å²) in [4.78, 5) is 11.8. The molecule has 0 radical (unpaired) electrons. The van der Waals surface area contributed by atoms with Gasteiger partial charge >= 0.3 is 48.4 Å². The highest BCUT2D eigenvalue weighted by Gasteiger charge is 2.85. The number of hydrogen-bond acceptors (Lipinski definition) is 3. The maximum atomic E-state index is 14.5. The molecule has 0 aliphatic heterocycles. The Morgan fingerprint density at radius 3 is 1.47 bits per heavy atom. The fourth-order valence-electron chi connectivity index (χ4n) is 2.28. The zero-order valence-corrected chi connectivity index (χ0v) is 17.6. The minimum absolute atomic E-state index is 0.204. The summed E-state index contributed by atoms with van der Waals surface area (Å²) in [6.45, 7) is 0.750. The van der Waals surface area contributed by atoms with Crippen molar-refractivity contribution >= 4 is 5.91 Å². The predicted molar refractivity (Wildman–Crippen MR) is 85.9 cm³/mol. The third kappa shape index (κ3) is 6.01. The van der Waals surface area contributed by atoms with E-state index in [4.69, 9.17) is 0 Å². The van der Waals surface area contributed by atoms with Crippen LogP contribution in [0, 0.1) is 0 Å². The molecule has 0 aliphatic rings. The van der Waals surface area contributed by atoms with Crippen LogP contribution in [-0.4, -0.2) is 54.3 Å². The molecule has 0 saturated carbocycles. The zero-order chi connectivity index (χ0) is 30.4. The summed E-state index contributed by atoms with van der Waals surface area (Å²) < 4.78 is 227. The topological polar surface area (TPSA) is 47.6 Å². The van der Waals surface area contributed by atoms with E-state index >= 15 is 0 Å². The summed E-state index contributed by atoms with van der Waals surface area (Å²) in [5.41, 5.74) is -0.204. The number of hydrogen-bond donors (Lipinski definition) is 1. The molecular formula is C17H10F17NO3. The van der Waals surface area contributed by atoms with Crippen LogP contribution in [0.4, 0.5) is 74.6 Å². The van der Waals surface area contributed by atoms with Crippen molar-refractivity contribution in [2.75, 3.05) is 0 Å². The maximum Gasteiger partial charge on any atom is 0.462 e. The summed E-state index contributed by atoms with van der Waals surface area (Å²) in [7, 11) is 0. The van der Waals surface area contributed by atoms with E-state index in [1.807, 2.05) is 4.74 Å². The summed E-state index contributed by atoms with van der Waals surface area (Å²) in [6.07, 6.45) is -38.5. The van der Waals surface area contributed by atoms with Gasteiger partial charge in [0.15, 0.2) is 0 Å². The van der Waals surface area contributed by atoms with Crippen molar-refractivity contribution in [2.45, 2.75) is 61.3 Å². The van der Waals surface area contributed by atoms with Gasteiger partial charge in [0.2, 0.25) is 0 Å². The Morgan fingerprint density at radius 2 is 1.11 bits per heavy atom. The molecular weight excluding hydrogens is 589 g/mol. The minimum atomic E-state index is -8.05. The molecule has 220 valence electrons. The van der Waals surface area contributed by atoms with Crippen LogP contribution in [-0.2, 0) is 14.3 Å². The lowest BCUT2D eigenvalue weighted by molar-refractivity contribution is -0.548. The first-order chi connectivity index (χ1) is 16.6. The largest absolute Gasteiger partial charge is 0.462 e. The smallest absolute Gasteiger partial charge is 0.344 e. The lowest BCUT2D eigenvalue weighted by atomic mass is 10.1. The van der Waals surface area contributed by atoms with Gasteiger partial charge in [-0.15, -0.1) is 0 Å². The molecule has 0 bridgehead atoms. The number of carbonyl (C=O) groups excluding carboxylic acids is 1. The second kappa shape index (κ2) is 9.87. The Kier molecular flexibility index (Phi) is 8.68. The third-order valence-corrected chi connectivity index (χ3v) is 4.30. The van der Waals surface area contributed by atoms with Crippen LogP contribution in [0.5, 0.6) is 0 Å². The SMILES string of the molecule is CC(NC(=O)C(F)(OC(F)(F)C(F)(OC(F)(F)C(F)(F)C(F)(F)F)C(F)(F)F)C(F)(F)F)c1ccccc1. The molecule has 3 unspecified atom stereocenters. The van der Waals surface area contributed by atoms with Crippen LogP contribution in [0.15, 0.2) is 30.3 Å². The number of amides is 1. The average Bonchev–Trinajstić information content (AvgIpc) is 2.70. The Morgan fingerprint density at radius 1 is 0.658 bits per heavy atom. The molecule has 3 atom stereocenters. The van der Waals surface area contributed by atoms with Crippen molar-refractivity contribution in [3.05, 3.63) is 35.9 Å². The second-order valence-corrected chi connectivity index (χ2v) is 7.10. The van der Waals surface area contributed by atoms with Crippen LogP contribution < -0.4 is 5.32 Å². The van der Waals surface area contributed by atoms with Crippen LogP contribution in [0.25, 0.3) is 0 Å². The van der Waals surface area contributed by atoms with Gasteiger partial charge in [-0.2, -0.15) is 74.6 Å². The standard InChI is InChI=1S/C17H10F17NO3/c1-7(8-5-3-2-4-6-8)35-9(36)10(18,13(22,23)24)37-17(33,34)12(21,15(28,29)30)38-16(31,32)11(19,20)14(25,26)27/h2-7H,1H3,(H,35,36). The van der Waals surface area contributed by atoms with Gasteiger partial charge in [0.25, 0.3) is 5.91 Å². The van der Waals surface area contributed by atoms with Gasteiger partial charge in [-0.1, -0.05) is 30.3 Å². The first-order valence-electron chi connectivity index (χ1n) is 9.05. The maximum absolute atomic E-state index is 14.5. The first kappa shape index (κ1) is 33.4. The third-order valence-electron chi connectivity index (χ3n) is 4.30. The van der Waals surface area contributed by atoms with Gasteiger partial charge < -0.3 is 5.32 Å². The second-order valence-electron chi connectivity index (χ2n) is 7.10. The number of alkyl halides is 17. The number of benzene rings is 1. The van der Waals surface area contributed by atoms with Crippen molar-refractivity contribution < 1.29 is 88.9 Å². The quantitative estimate of drug-likeness (QED) is 0.320. The lowest BCUT2D eigenvalue weighted by Crippen LogP contribution is -2.68. The molecule has 1 amide bonds. The summed E-state index contributed by atoms with van der Waals surface area (Å²) in [5.74, 6) is -26.1.